The number of hydrogen-bond acceptors (Lipinski definition) is 7. The Morgan fingerprint density at radius 3 is 2.22 bits per heavy atom. The fourth-order valence-electron chi connectivity index (χ4n) is 5.13. The Bertz CT molecular complexity index is 946. The van der Waals surface area contributed by atoms with Gasteiger partial charge in [-0.3, -0.25) is 19.7 Å². The van der Waals surface area contributed by atoms with Gasteiger partial charge in [-0.15, -0.1) is 0 Å². The molecule has 2 saturated carbocycles. The van der Waals surface area contributed by atoms with Crippen LogP contribution in [0.2, 0.25) is 0 Å². The van der Waals surface area contributed by atoms with Gasteiger partial charge in [-0.25, -0.2) is 0 Å². The zero-order valence-corrected chi connectivity index (χ0v) is 14.0. The van der Waals surface area contributed by atoms with E-state index in [1.54, 1.807) is 0 Å². The second-order valence-electron chi connectivity index (χ2n) is 7.61. The topological polar surface area (TPSA) is 133 Å². The third-order valence-electron chi connectivity index (χ3n) is 6.46. The number of rotatable bonds is 3. The van der Waals surface area contributed by atoms with E-state index in [9.17, 15) is 29.9 Å². The lowest BCUT2D eigenvalue weighted by atomic mass is 9.85. The minimum absolute atomic E-state index is 0.0723. The van der Waals surface area contributed by atoms with Crippen LogP contribution in [0.1, 0.15) is 18.4 Å². The first-order valence-corrected chi connectivity index (χ1v) is 8.65. The Morgan fingerprint density at radius 2 is 1.70 bits per heavy atom. The van der Waals surface area contributed by atoms with Crippen molar-refractivity contribution >= 4 is 23.7 Å². The van der Waals surface area contributed by atoms with Crippen LogP contribution in [0.5, 0.6) is 11.5 Å². The third-order valence-corrected chi connectivity index (χ3v) is 6.46. The molecule has 9 nitrogen and oxygen atoms in total. The molecule has 0 unspecified atom stereocenters. The number of allylic oxidation sites excluding steroid dienone is 2. The molecule has 27 heavy (non-hydrogen) atoms. The van der Waals surface area contributed by atoms with Gasteiger partial charge in [-0.1, -0.05) is 12.2 Å². The van der Waals surface area contributed by atoms with Gasteiger partial charge in [0.1, 0.15) is 5.75 Å². The highest BCUT2D eigenvalue weighted by Crippen LogP contribution is 2.73. The molecule has 1 aromatic rings. The molecule has 1 aromatic carbocycles. The van der Waals surface area contributed by atoms with E-state index in [0.717, 1.165) is 36.2 Å². The Kier molecular flexibility index (Phi) is 2.92. The van der Waals surface area contributed by atoms with E-state index in [1.165, 1.54) is 0 Å². The number of phenolic OH excluding ortho intramolecular Hbond substituents is 2. The van der Waals surface area contributed by atoms with E-state index in [4.69, 9.17) is 0 Å². The maximum atomic E-state index is 12.8. The van der Waals surface area contributed by atoms with Crippen molar-refractivity contribution in [1.29, 1.82) is 0 Å². The van der Waals surface area contributed by atoms with Crippen LogP contribution in [0, 0.1) is 39.2 Å². The molecule has 2 bridgehead atoms. The van der Waals surface area contributed by atoms with Crippen molar-refractivity contribution in [3.8, 4) is 11.5 Å². The summed E-state index contributed by atoms with van der Waals surface area (Å²) in [5.74, 6) is -2.49. The molecule has 4 atom stereocenters. The predicted octanol–water partition coefficient (Wildman–Crippen LogP) is 1.54. The van der Waals surface area contributed by atoms with E-state index in [0.29, 0.717) is 0 Å². The second kappa shape index (κ2) is 4.93. The van der Waals surface area contributed by atoms with Gasteiger partial charge < -0.3 is 10.2 Å². The molecule has 4 aliphatic rings. The summed E-state index contributed by atoms with van der Waals surface area (Å²) in [5, 5.41) is 35.0. The zero-order valence-electron chi connectivity index (χ0n) is 14.0. The molecular formula is C18H15N3O6. The molecule has 138 valence electrons. The molecule has 2 N–H and O–H groups in total. The summed E-state index contributed by atoms with van der Waals surface area (Å²) in [4.78, 5) is 35.7. The van der Waals surface area contributed by atoms with Crippen LogP contribution in [-0.4, -0.2) is 38.2 Å². The van der Waals surface area contributed by atoms with Gasteiger partial charge in [0.15, 0.2) is 5.75 Å². The molecule has 3 fully saturated rings. The van der Waals surface area contributed by atoms with Gasteiger partial charge in [0.2, 0.25) is 0 Å². The quantitative estimate of drug-likeness (QED) is 0.273. The second-order valence-corrected chi connectivity index (χ2v) is 7.61. The molecule has 3 aliphatic carbocycles. The van der Waals surface area contributed by atoms with Gasteiger partial charge in [0, 0.05) is 17.7 Å². The van der Waals surface area contributed by atoms with Gasteiger partial charge in [-0.2, -0.15) is 10.1 Å². The number of amides is 2. The number of hydrazone groups is 1. The molecule has 1 heterocycles. The molecular weight excluding hydrogens is 354 g/mol. The molecule has 5 rings (SSSR count). The van der Waals surface area contributed by atoms with E-state index >= 15 is 0 Å². The molecule has 1 aliphatic heterocycles. The number of nitro groups is 1. The van der Waals surface area contributed by atoms with Gasteiger partial charge in [0.25, 0.3) is 11.8 Å². The first kappa shape index (κ1) is 16.0. The predicted molar refractivity (Wildman–Crippen MR) is 90.6 cm³/mol. The fraction of sp³-hybridized carbons (Fsp3) is 0.389. The van der Waals surface area contributed by atoms with Crippen molar-refractivity contribution < 1.29 is 24.7 Å². The largest absolute Gasteiger partial charge is 0.507 e. The number of hydrogen-bond donors (Lipinski definition) is 2. The highest BCUT2D eigenvalue weighted by Gasteiger charge is 2.73. The maximum Gasteiger partial charge on any atom is 0.311 e. The van der Waals surface area contributed by atoms with Crippen LogP contribution in [0.4, 0.5) is 5.69 Å². The smallest absolute Gasteiger partial charge is 0.311 e. The summed E-state index contributed by atoms with van der Waals surface area (Å²) in [6, 6.07) is 1.76. The maximum absolute atomic E-state index is 12.8. The number of benzene rings is 1. The fourth-order valence-corrected chi connectivity index (χ4v) is 5.13. The van der Waals surface area contributed by atoms with Crippen molar-refractivity contribution in [3.63, 3.8) is 0 Å². The minimum atomic E-state index is -0.804. The van der Waals surface area contributed by atoms with Crippen molar-refractivity contribution in [2.75, 3.05) is 0 Å². The van der Waals surface area contributed by atoms with Crippen LogP contribution in [0.15, 0.2) is 29.4 Å². The normalized spacial score (nSPS) is 32.1. The van der Waals surface area contributed by atoms with Crippen LogP contribution in [-0.2, 0) is 9.59 Å². The first-order chi connectivity index (χ1) is 12.8. The third kappa shape index (κ3) is 1.91. The summed E-state index contributed by atoms with van der Waals surface area (Å²) < 4.78 is 0. The number of carbonyl (C=O) groups excluding carboxylic acids is 2. The van der Waals surface area contributed by atoms with Crippen molar-refractivity contribution in [2.24, 2.45) is 34.2 Å². The van der Waals surface area contributed by atoms with Crippen molar-refractivity contribution in [2.45, 2.75) is 12.8 Å². The number of aromatic hydroxyl groups is 2. The number of phenols is 2. The summed E-state index contributed by atoms with van der Waals surface area (Å²) in [5.41, 5.74) is -0.591. The first-order valence-electron chi connectivity index (χ1n) is 8.65. The zero-order chi connectivity index (χ0) is 19.1. The Balaban J connectivity index is 1.45. The molecule has 1 spiro atoms. The Labute approximate surface area is 152 Å². The van der Waals surface area contributed by atoms with Crippen molar-refractivity contribution in [1.82, 2.24) is 5.01 Å². The summed E-state index contributed by atoms with van der Waals surface area (Å²) >= 11 is 0. The standard InChI is InChI=1S/C18H15N3O6/c22-12-6-13(23)11(21(26)27)5-8(12)7-19-20-16(24)14-9-1-2-10(15(14)17(20)25)18(9)3-4-18/h1-2,5-7,9-10,14-15,22-23H,3-4H2/b19-7-/t9-,10-,14-,15+/m0/s1. The SMILES string of the molecule is O=C1[C@@H]2[C@H](C(=O)N1/N=C\c1cc([N+](=O)[O-])c(O)cc1O)[C@@H]1C=C[C@@H]2C12CC2. The molecule has 0 aromatic heterocycles. The van der Waals surface area contributed by atoms with E-state index in [-0.39, 0.29) is 34.6 Å². The summed E-state index contributed by atoms with van der Waals surface area (Å²) in [7, 11) is 0. The van der Waals surface area contributed by atoms with Crippen LogP contribution in [0.25, 0.3) is 0 Å². The molecule has 1 saturated heterocycles. The van der Waals surface area contributed by atoms with E-state index in [1.807, 2.05) is 12.2 Å². The van der Waals surface area contributed by atoms with Crippen LogP contribution >= 0.6 is 0 Å². The average Bonchev–Trinajstić information content (AvgIpc) is 3.21. The number of imide groups is 1. The minimum Gasteiger partial charge on any atom is -0.507 e. The monoisotopic (exact) mass is 369 g/mol. The Hall–Kier alpha value is -3.23. The highest BCUT2D eigenvalue weighted by molar-refractivity contribution is 6.07. The van der Waals surface area contributed by atoms with E-state index in [2.05, 4.69) is 5.10 Å². The number of nitro benzene ring substituents is 1. The average molecular weight is 369 g/mol. The molecule has 9 heteroatoms. The molecule has 0 radical (unpaired) electrons. The van der Waals surface area contributed by atoms with Gasteiger partial charge in [0.05, 0.1) is 23.0 Å². The van der Waals surface area contributed by atoms with E-state index < -0.39 is 33.9 Å². The highest BCUT2D eigenvalue weighted by atomic mass is 16.6. The number of fused-ring (bicyclic) bond motifs is 3. The summed E-state index contributed by atoms with van der Waals surface area (Å²) in [6.07, 6.45) is 7.20. The van der Waals surface area contributed by atoms with Gasteiger partial charge >= 0.3 is 5.69 Å². The van der Waals surface area contributed by atoms with Crippen molar-refractivity contribution in [3.05, 3.63) is 40.0 Å². The van der Waals surface area contributed by atoms with Gasteiger partial charge in [-0.05, 0) is 30.1 Å². The van der Waals surface area contributed by atoms with Crippen LogP contribution < -0.4 is 0 Å². The lowest BCUT2D eigenvalue weighted by molar-refractivity contribution is -0.385. The number of nitrogens with zero attached hydrogens (tertiary/aromatic N) is 3. The summed E-state index contributed by atoms with van der Waals surface area (Å²) in [6.45, 7) is 0. The van der Waals surface area contributed by atoms with Crippen LogP contribution in [0.3, 0.4) is 0 Å². The lowest BCUT2D eigenvalue weighted by Gasteiger charge is -2.18. The Morgan fingerprint density at radius 1 is 1.11 bits per heavy atom. The molecule has 2 amide bonds. The number of carbonyl (C=O) groups is 2. The lowest BCUT2D eigenvalue weighted by Crippen LogP contribution is -2.30.